The number of amides is 2. The number of halogens is 4. The van der Waals surface area contributed by atoms with Gasteiger partial charge in [-0.15, -0.1) is 0 Å². The molecule has 0 bridgehead atoms. The number of anilines is 1. The number of carbonyl (C=O) groups is 2. The Hall–Kier alpha value is -1.77. The molecule has 21 heavy (non-hydrogen) atoms. The highest BCUT2D eigenvalue weighted by molar-refractivity contribution is 9.10. The standard InChI is InChI=1S/C12H10BrF3N2O3/c13-8-1-7(12(14,15)16)2-9(3-8)17-11(21)18-4-6(5-18)10(19)20/h1-3,6H,4-5H2,(H,17,21)(H,19,20). The van der Waals surface area contributed by atoms with Crippen LogP contribution in [0, 0.1) is 5.92 Å². The van der Waals surface area contributed by atoms with Crippen molar-refractivity contribution >= 4 is 33.6 Å². The second-order valence-corrected chi connectivity index (χ2v) is 5.51. The minimum Gasteiger partial charge on any atom is -0.481 e. The van der Waals surface area contributed by atoms with Gasteiger partial charge in [-0.05, 0) is 18.2 Å². The molecule has 1 aliphatic rings. The van der Waals surface area contributed by atoms with Crippen molar-refractivity contribution in [3.05, 3.63) is 28.2 Å². The van der Waals surface area contributed by atoms with E-state index < -0.39 is 29.7 Å². The fourth-order valence-electron chi connectivity index (χ4n) is 1.83. The molecule has 0 radical (unpaired) electrons. The SMILES string of the molecule is O=C(O)C1CN(C(=O)Nc2cc(Br)cc(C(F)(F)F)c2)C1. The van der Waals surface area contributed by atoms with Crippen molar-refractivity contribution in [2.75, 3.05) is 18.4 Å². The number of aliphatic carboxylic acids is 1. The van der Waals surface area contributed by atoms with E-state index in [-0.39, 0.29) is 23.2 Å². The summed E-state index contributed by atoms with van der Waals surface area (Å²) in [5, 5.41) is 11.0. The van der Waals surface area contributed by atoms with Gasteiger partial charge in [0.25, 0.3) is 0 Å². The summed E-state index contributed by atoms with van der Waals surface area (Å²) in [6.45, 7) is 0.0859. The lowest BCUT2D eigenvalue weighted by atomic mass is 10.0. The Morgan fingerprint density at radius 3 is 2.43 bits per heavy atom. The maximum atomic E-state index is 12.7. The highest BCUT2D eigenvalue weighted by Gasteiger charge is 2.36. The number of nitrogens with one attached hydrogen (secondary N) is 1. The minimum absolute atomic E-state index is 0.0134. The summed E-state index contributed by atoms with van der Waals surface area (Å²) in [6, 6.07) is 2.43. The van der Waals surface area contributed by atoms with Crippen LogP contribution >= 0.6 is 15.9 Å². The van der Waals surface area contributed by atoms with Gasteiger partial charge in [-0.1, -0.05) is 15.9 Å². The van der Waals surface area contributed by atoms with Gasteiger partial charge in [0.15, 0.2) is 0 Å². The second-order valence-electron chi connectivity index (χ2n) is 4.60. The quantitative estimate of drug-likeness (QED) is 0.845. The summed E-state index contributed by atoms with van der Waals surface area (Å²) in [6.07, 6.45) is -4.52. The van der Waals surface area contributed by atoms with Crippen LogP contribution in [0.5, 0.6) is 0 Å². The molecule has 114 valence electrons. The van der Waals surface area contributed by atoms with Crippen molar-refractivity contribution in [3.63, 3.8) is 0 Å². The Balaban J connectivity index is 2.05. The van der Waals surface area contributed by atoms with E-state index in [4.69, 9.17) is 5.11 Å². The van der Waals surface area contributed by atoms with Crippen molar-refractivity contribution in [3.8, 4) is 0 Å². The highest BCUT2D eigenvalue weighted by Crippen LogP contribution is 2.33. The first-order valence-electron chi connectivity index (χ1n) is 5.83. The molecule has 0 aliphatic carbocycles. The van der Waals surface area contributed by atoms with E-state index >= 15 is 0 Å². The van der Waals surface area contributed by atoms with Gasteiger partial charge < -0.3 is 15.3 Å². The van der Waals surface area contributed by atoms with Gasteiger partial charge in [0, 0.05) is 23.2 Å². The van der Waals surface area contributed by atoms with Gasteiger partial charge >= 0.3 is 18.2 Å². The Kier molecular flexibility index (Phi) is 4.13. The number of rotatable bonds is 2. The van der Waals surface area contributed by atoms with Crippen LogP contribution in [0.15, 0.2) is 22.7 Å². The largest absolute Gasteiger partial charge is 0.481 e. The number of hydrogen-bond acceptors (Lipinski definition) is 2. The number of benzene rings is 1. The van der Waals surface area contributed by atoms with Gasteiger partial charge in [0.05, 0.1) is 11.5 Å². The Bertz CT molecular complexity index is 586. The Morgan fingerprint density at radius 2 is 1.90 bits per heavy atom. The normalized spacial score (nSPS) is 15.5. The molecule has 0 saturated carbocycles. The molecule has 0 aromatic heterocycles. The van der Waals surface area contributed by atoms with E-state index in [1.165, 1.54) is 11.0 Å². The third-order valence-electron chi connectivity index (χ3n) is 2.99. The molecule has 0 unspecified atom stereocenters. The molecule has 2 rings (SSSR count). The monoisotopic (exact) mass is 366 g/mol. The molecule has 1 aromatic rings. The van der Waals surface area contributed by atoms with E-state index in [0.717, 1.165) is 12.1 Å². The van der Waals surface area contributed by atoms with Crippen LogP contribution in [0.25, 0.3) is 0 Å². The predicted octanol–water partition coefficient (Wildman–Crippen LogP) is 3.02. The zero-order chi connectivity index (χ0) is 15.8. The summed E-state index contributed by atoms with van der Waals surface area (Å²) in [4.78, 5) is 23.6. The van der Waals surface area contributed by atoms with E-state index in [0.29, 0.717) is 0 Å². The summed E-state index contributed by atoms with van der Waals surface area (Å²) < 4.78 is 38.1. The third kappa shape index (κ3) is 3.66. The van der Waals surface area contributed by atoms with Gasteiger partial charge in [-0.25, -0.2) is 4.79 Å². The molecule has 1 aromatic carbocycles. The third-order valence-corrected chi connectivity index (χ3v) is 3.45. The van der Waals surface area contributed by atoms with Crippen LogP contribution in [-0.4, -0.2) is 35.1 Å². The number of urea groups is 1. The molecule has 0 spiro atoms. The zero-order valence-electron chi connectivity index (χ0n) is 10.4. The van der Waals surface area contributed by atoms with E-state index in [2.05, 4.69) is 21.2 Å². The number of alkyl halides is 3. The fraction of sp³-hybridized carbons (Fsp3) is 0.333. The van der Waals surface area contributed by atoms with Crippen LogP contribution in [0.3, 0.4) is 0 Å². The molecule has 0 atom stereocenters. The first-order valence-corrected chi connectivity index (χ1v) is 6.62. The maximum Gasteiger partial charge on any atom is 0.416 e. The van der Waals surface area contributed by atoms with Gasteiger partial charge in [-0.2, -0.15) is 13.2 Å². The Labute approximate surface area is 125 Å². The molecule has 1 saturated heterocycles. The van der Waals surface area contributed by atoms with Gasteiger partial charge in [0.2, 0.25) is 0 Å². The van der Waals surface area contributed by atoms with E-state index in [9.17, 15) is 22.8 Å². The van der Waals surface area contributed by atoms with Crippen molar-refractivity contribution in [1.82, 2.24) is 4.90 Å². The van der Waals surface area contributed by atoms with Crippen LogP contribution < -0.4 is 5.32 Å². The number of carboxylic acids is 1. The average Bonchev–Trinajstić information content (AvgIpc) is 2.23. The molecule has 9 heteroatoms. The van der Waals surface area contributed by atoms with Gasteiger partial charge in [0.1, 0.15) is 0 Å². The first kappa shape index (κ1) is 15.6. The van der Waals surface area contributed by atoms with Crippen LogP contribution in [0.2, 0.25) is 0 Å². The lowest BCUT2D eigenvalue weighted by Gasteiger charge is -2.36. The summed E-state index contributed by atoms with van der Waals surface area (Å²) in [5.41, 5.74) is -0.903. The first-order chi connectivity index (χ1) is 9.66. The Morgan fingerprint density at radius 1 is 1.29 bits per heavy atom. The van der Waals surface area contributed by atoms with Crippen LogP contribution in [0.4, 0.5) is 23.7 Å². The smallest absolute Gasteiger partial charge is 0.416 e. The molecule has 1 heterocycles. The van der Waals surface area contributed by atoms with Crippen molar-refractivity contribution < 1.29 is 27.9 Å². The highest BCUT2D eigenvalue weighted by atomic mass is 79.9. The second kappa shape index (κ2) is 5.55. The van der Waals surface area contributed by atoms with Crippen molar-refractivity contribution in [2.24, 2.45) is 5.92 Å². The maximum absolute atomic E-state index is 12.7. The van der Waals surface area contributed by atoms with E-state index in [1.807, 2.05) is 0 Å². The fourth-order valence-corrected chi connectivity index (χ4v) is 2.32. The lowest BCUT2D eigenvalue weighted by Crippen LogP contribution is -2.54. The zero-order valence-corrected chi connectivity index (χ0v) is 12.0. The molecular weight excluding hydrogens is 357 g/mol. The molecular formula is C12H10BrF3N2O3. The molecule has 1 aliphatic heterocycles. The predicted molar refractivity (Wildman–Crippen MR) is 70.9 cm³/mol. The molecule has 5 nitrogen and oxygen atoms in total. The van der Waals surface area contributed by atoms with E-state index in [1.54, 1.807) is 0 Å². The number of likely N-dealkylation sites (tertiary alicyclic amines) is 1. The van der Waals surface area contributed by atoms with Crippen LogP contribution in [0.1, 0.15) is 5.56 Å². The molecule has 2 amide bonds. The average molecular weight is 367 g/mol. The van der Waals surface area contributed by atoms with Gasteiger partial charge in [-0.3, -0.25) is 4.79 Å². The van der Waals surface area contributed by atoms with Crippen molar-refractivity contribution in [1.29, 1.82) is 0 Å². The summed E-state index contributed by atoms with van der Waals surface area (Å²) >= 11 is 2.95. The summed E-state index contributed by atoms with van der Waals surface area (Å²) in [7, 11) is 0. The van der Waals surface area contributed by atoms with Crippen LogP contribution in [-0.2, 0) is 11.0 Å². The number of carbonyl (C=O) groups excluding carboxylic acids is 1. The molecule has 1 fully saturated rings. The van der Waals surface area contributed by atoms with Crippen molar-refractivity contribution in [2.45, 2.75) is 6.18 Å². The minimum atomic E-state index is -4.52. The number of nitrogens with zero attached hydrogens (tertiary/aromatic N) is 1. The summed E-state index contributed by atoms with van der Waals surface area (Å²) in [5.74, 6) is -1.62. The topological polar surface area (TPSA) is 69.6 Å². The lowest BCUT2D eigenvalue weighted by molar-refractivity contribution is -0.146. The number of carboxylic acid groups (broad SMARTS) is 1. The number of hydrogen-bond donors (Lipinski definition) is 2. The molecule has 2 N–H and O–H groups in total.